The highest BCUT2D eigenvalue weighted by Gasteiger charge is 2.36. The normalized spacial score (nSPS) is 11.4. The molecule has 0 aromatic heterocycles. The molecule has 133 heavy (non-hydrogen) atoms. The van der Waals surface area contributed by atoms with Gasteiger partial charge in [0.05, 0.1) is 59.0 Å². The highest BCUT2D eigenvalue weighted by Crippen LogP contribution is 2.54. The zero-order valence-electron chi connectivity index (χ0n) is 77.5. The fraction of sp³-hybridized carbons (Fsp3) is 0.231. The molecule has 684 valence electrons. The standard InChI is InChI=1S/3C39H39Cl3N.BO3/c3*1-4-5-6-10-13-32-26-36(43(2,3)27-28-11-8-7-9-12-28)38(30-16-22-34(41)23-17-30)39(31-18-24-35(42)25-19-31)37(32)29-14-20-33(40)21-15-29;2-1(3)4/h3*7-9,11-12,14-26H,4-6,10,13,27H2,1-3H3;/q3*+1;-3. The fourth-order valence-corrected chi connectivity index (χ4v) is 19.2. The first-order valence-corrected chi connectivity index (χ1v) is 49.5. The second-order valence-electron chi connectivity index (χ2n) is 35.8. The minimum absolute atomic E-state index is 0.686. The van der Waals surface area contributed by atoms with Gasteiger partial charge in [0.2, 0.25) is 0 Å². The lowest BCUT2D eigenvalue weighted by atomic mass is 9.81. The summed E-state index contributed by atoms with van der Waals surface area (Å²) in [6, 6.07) is 114. The first kappa shape index (κ1) is 103. The van der Waals surface area contributed by atoms with E-state index in [1.165, 1.54) is 158 Å². The van der Waals surface area contributed by atoms with Gasteiger partial charge < -0.3 is 15.1 Å². The van der Waals surface area contributed by atoms with Crippen LogP contribution in [0.3, 0.4) is 0 Å². The molecule has 6 nitrogen and oxygen atoms in total. The zero-order chi connectivity index (χ0) is 94.8. The average molecular weight is 1940 g/mol. The van der Waals surface area contributed by atoms with Gasteiger partial charge in [0.1, 0.15) is 36.7 Å². The molecular weight excluding hydrogens is 1830 g/mol. The Balaban J connectivity index is 0.000000176. The Hall–Kier alpha value is -9.27. The molecule has 0 bridgehead atoms. The van der Waals surface area contributed by atoms with Crippen molar-refractivity contribution in [3.8, 4) is 100 Å². The van der Waals surface area contributed by atoms with Crippen LogP contribution in [0.2, 0.25) is 45.2 Å². The van der Waals surface area contributed by atoms with Gasteiger partial charge in [-0.15, -0.1) is 0 Å². The third-order valence-corrected chi connectivity index (χ3v) is 26.7. The number of nitrogens with zero attached hydrogens (tertiary/aromatic N) is 3. The van der Waals surface area contributed by atoms with Crippen LogP contribution in [0.4, 0.5) is 17.1 Å². The zero-order valence-corrected chi connectivity index (χ0v) is 84.3. The van der Waals surface area contributed by atoms with Crippen LogP contribution in [0, 0.1) is 0 Å². The molecule has 0 saturated heterocycles. The predicted molar refractivity (Wildman–Crippen MR) is 574 cm³/mol. The lowest BCUT2D eigenvalue weighted by molar-refractivity contribution is -0.479. The van der Waals surface area contributed by atoms with Crippen LogP contribution in [0.5, 0.6) is 0 Å². The number of quaternary nitrogens is 3. The monoisotopic (exact) mass is 1940 g/mol. The van der Waals surface area contributed by atoms with Crippen LogP contribution in [0.25, 0.3) is 100 Å². The van der Waals surface area contributed by atoms with Gasteiger partial charge in [-0.05, 0) is 231 Å². The first-order valence-electron chi connectivity index (χ1n) is 46.1. The number of hydrogen-bond donors (Lipinski definition) is 0. The van der Waals surface area contributed by atoms with Crippen LogP contribution in [0.1, 0.15) is 131 Å². The summed E-state index contributed by atoms with van der Waals surface area (Å²) >= 11 is 57.8. The molecule has 15 rings (SSSR count). The molecule has 0 spiro atoms. The number of unbranched alkanes of at least 4 members (excludes halogenated alkanes) is 9. The second kappa shape index (κ2) is 49.5. The van der Waals surface area contributed by atoms with Gasteiger partial charge in [-0.25, -0.2) is 0 Å². The number of benzene rings is 15. The second-order valence-corrected chi connectivity index (χ2v) is 39.7. The summed E-state index contributed by atoms with van der Waals surface area (Å²) in [6.07, 6.45) is 17.4. The molecule has 0 N–H and O–H groups in total. The van der Waals surface area contributed by atoms with Gasteiger partial charge in [0.15, 0.2) is 0 Å². The lowest BCUT2D eigenvalue weighted by Crippen LogP contribution is -2.56. The maximum atomic E-state index is 8.42. The predicted octanol–water partition coefficient (Wildman–Crippen LogP) is 33.7. The van der Waals surface area contributed by atoms with Crippen molar-refractivity contribution in [2.45, 2.75) is 137 Å². The van der Waals surface area contributed by atoms with E-state index in [0.717, 1.165) is 153 Å². The van der Waals surface area contributed by atoms with Crippen LogP contribution in [0.15, 0.2) is 328 Å². The summed E-state index contributed by atoms with van der Waals surface area (Å²) in [4.78, 5) is 0. The molecule has 0 unspecified atom stereocenters. The minimum Gasteiger partial charge on any atom is -0.907 e. The van der Waals surface area contributed by atoms with Gasteiger partial charge in [-0.2, -0.15) is 0 Å². The van der Waals surface area contributed by atoms with E-state index in [1.54, 1.807) is 0 Å². The van der Waals surface area contributed by atoms with E-state index in [2.05, 4.69) is 281 Å². The summed E-state index contributed by atoms with van der Waals surface area (Å²) in [5, 5.41) is 31.8. The van der Waals surface area contributed by atoms with Gasteiger partial charge in [0.25, 0.3) is 0 Å². The number of halogens is 9. The van der Waals surface area contributed by atoms with E-state index in [-0.39, 0.29) is 0 Å². The van der Waals surface area contributed by atoms with Crippen molar-refractivity contribution >= 4 is 129 Å². The fourth-order valence-electron chi connectivity index (χ4n) is 18.1. The molecule has 0 atom stereocenters. The van der Waals surface area contributed by atoms with Crippen LogP contribution in [-0.4, -0.2) is 49.6 Å². The van der Waals surface area contributed by atoms with Gasteiger partial charge in [-0.1, -0.05) is 383 Å². The molecule has 0 aliphatic rings. The highest BCUT2D eigenvalue weighted by molar-refractivity contribution is 6.33. The Kier molecular flexibility index (Phi) is 38.2. The van der Waals surface area contributed by atoms with Gasteiger partial charge >= 0.3 is 0 Å². The van der Waals surface area contributed by atoms with Crippen molar-refractivity contribution in [1.82, 2.24) is 13.4 Å². The lowest BCUT2D eigenvalue weighted by Gasteiger charge is -2.35. The average Bonchev–Trinajstić information content (AvgIpc) is 0.744. The summed E-state index contributed by atoms with van der Waals surface area (Å²) in [6.45, 7) is 9.37. The van der Waals surface area contributed by atoms with Crippen LogP contribution < -0.4 is 28.5 Å². The Morgan fingerprint density at radius 3 is 0.526 bits per heavy atom. The van der Waals surface area contributed by atoms with Crippen LogP contribution in [-0.2, 0) is 38.9 Å². The molecule has 0 heterocycles. The molecule has 0 saturated carbocycles. The maximum Gasteiger partial charge on any atom is 0.141 e. The Morgan fingerprint density at radius 2 is 0.361 bits per heavy atom. The molecule has 0 radical (unpaired) electrons. The third kappa shape index (κ3) is 28.2. The van der Waals surface area contributed by atoms with E-state index < -0.39 is 7.32 Å². The number of hydrogen-bond acceptors (Lipinski definition) is 3. The van der Waals surface area contributed by atoms with Gasteiger partial charge in [0, 0.05) is 96.8 Å². The Labute approximate surface area is 835 Å². The molecule has 15 aromatic carbocycles. The van der Waals surface area contributed by atoms with E-state index in [4.69, 9.17) is 119 Å². The maximum absolute atomic E-state index is 8.42. The third-order valence-electron chi connectivity index (χ3n) is 24.5. The van der Waals surface area contributed by atoms with Crippen molar-refractivity contribution < 1.29 is 15.1 Å². The SMILES string of the molecule is CCCCCCc1cc([N+](C)(C)Cc2ccccc2)c(-c2ccc(Cl)cc2)c(-c2ccc(Cl)cc2)c1-c1ccc(Cl)cc1.CCCCCCc1cc([N+](C)(C)Cc2ccccc2)c(-c2ccc(Cl)cc2)c(-c2ccc(Cl)cc2)c1-c1ccc(Cl)cc1.CCCCCCc1cc([N+](C)(C)Cc2ccccc2)c(-c2ccc(Cl)cc2)c(-c2ccc(Cl)cc2)c1-c1ccc(Cl)cc1.[O-]B([O-])[O-]. The van der Waals surface area contributed by atoms with Gasteiger partial charge in [-0.3, -0.25) is 20.8 Å². The molecule has 15 aromatic rings. The summed E-state index contributed by atoms with van der Waals surface area (Å²) in [5.41, 5.74) is 33.1. The summed E-state index contributed by atoms with van der Waals surface area (Å²) < 4.78 is 2.06. The molecule has 0 aliphatic carbocycles. The molecule has 0 fully saturated rings. The Bertz CT molecular complexity index is 5600. The largest absolute Gasteiger partial charge is 0.907 e. The molecule has 16 heteroatoms. The number of aryl methyl sites for hydroxylation is 3. The van der Waals surface area contributed by atoms with E-state index >= 15 is 0 Å². The van der Waals surface area contributed by atoms with Crippen molar-refractivity contribution in [3.63, 3.8) is 0 Å². The molecular formula is C117H117BCl9N3O3. The smallest absolute Gasteiger partial charge is 0.141 e. The quantitative estimate of drug-likeness (QED) is 0.0234. The molecule has 0 aliphatic heterocycles. The van der Waals surface area contributed by atoms with Crippen molar-refractivity contribution in [2.75, 3.05) is 42.3 Å². The van der Waals surface area contributed by atoms with E-state index in [0.29, 0.717) is 13.4 Å². The Morgan fingerprint density at radius 1 is 0.203 bits per heavy atom. The first-order chi connectivity index (χ1) is 64.0. The summed E-state index contributed by atoms with van der Waals surface area (Å²) in [7, 11) is 11.0. The highest BCUT2D eigenvalue weighted by atomic mass is 35.5. The molecule has 0 amide bonds. The summed E-state index contributed by atoms with van der Waals surface area (Å²) in [5.74, 6) is 0. The van der Waals surface area contributed by atoms with Crippen LogP contribution >= 0.6 is 104 Å². The topological polar surface area (TPSA) is 69.2 Å². The van der Waals surface area contributed by atoms with E-state index in [1.807, 2.05) is 109 Å². The van der Waals surface area contributed by atoms with Crippen molar-refractivity contribution in [1.29, 1.82) is 0 Å². The number of rotatable bonds is 33. The van der Waals surface area contributed by atoms with Crippen molar-refractivity contribution in [3.05, 3.63) is 406 Å². The van der Waals surface area contributed by atoms with Crippen molar-refractivity contribution in [2.24, 2.45) is 0 Å². The minimum atomic E-state index is -2.92. The van der Waals surface area contributed by atoms with E-state index in [9.17, 15) is 0 Å².